The molecule has 1 aromatic rings. The van der Waals surface area contributed by atoms with Gasteiger partial charge in [-0.1, -0.05) is 26.8 Å². The van der Waals surface area contributed by atoms with Crippen molar-refractivity contribution in [3.63, 3.8) is 0 Å². The first kappa shape index (κ1) is 15.1. The highest BCUT2D eigenvalue weighted by atomic mass is 19.1. The zero-order valence-corrected chi connectivity index (χ0v) is 11.1. The highest BCUT2D eigenvalue weighted by Gasteiger charge is 2.24. The maximum Gasteiger partial charge on any atom is 0.130 e. The van der Waals surface area contributed by atoms with Crippen LogP contribution in [0.2, 0.25) is 0 Å². The summed E-state index contributed by atoms with van der Waals surface area (Å²) in [6.07, 6.45) is 0.555. The minimum atomic E-state index is -0.542. The molecular formula is C14H21F2NO. The van der Waals surface area contributed by atoms with Crippen LogP contribution in [0, 0.1) is 17.0 Å². The molecule has 0 radical (unpaired) electrons. The molecule has 0 saturated carbocycles. The predicted molar refractivity (Wildman–Crippen MR) is 68.1 cm³/mol. The van der Waals surface area contributed by atoms with E-state index in [0.717, 1.165) is 0 Å². The van der Waals surface area contributed by atoms with E-state index in [-0.39, 0.29) is 30.2 Å². The minimum Gasteiger partial charge on any atom is -0.396 e. The fraction of sp³-hybridized carbons (Fsp3) is 0.571. The van der Waals surface area contributed by atoms with E-state index in [9.17, 15) is 8.78 Å². The zero-order chi connectivity index (χ0) is 13.8. The molecule has 0 aromatic heterocycles. The number of aliphatic hydroxyl groups is 1. The van der Waals surface area contributed by atoms with Crippen LogP contribution in [0.5, 0.6) is 0 Å². The highest BCUT2D eigenvalue weighted by molar-refractivity contribution is 5.19. The lowest BCUT2D eigenvalue weighted by atomic mass is 9.85. The van der Waals surface area contributed by atoms with Crippen molar-refractivity contribution >= 4 is 0 Å². The largest absolute Gasteiger partial charge is 0.396 e. The number of hydrogen-bond acceptors (Lipinski definition) is 2. The van der Waals surface area contributed by atoms with Crippen molar-refractivity contribution < 1.29 is 13.9 Å². The quantitative estimate of drug-likeness (QED) is 0.850. The Labute approximate surface area is 107 Å². The van der Waals surface area contributed by atoms with Crippen LogP contribution in [0.15, 0.2) is 18.2 Å². The Balaban J connectivity index is 2.73. The van der Waals surface area contributed by atoms with Gasteiger partial charge in [0.1, 0.15) is 11.6 Å². The van der Waals surface area contributed by atoms with E-state index in [4.69, 9.17) is 5.11 Å². The second kappa shape index (κ2) is 6.25. The summed E-state index contributed by atoms with van der Waals surface area (Å²) in [7, 11) is 0. The van der Waals surface area contributed by atoms with Crippen LogP contribution in [0.1, 0.15) is 32.8 Å². The van der Waals surface area contributed by atoms with Crippen LogP contribution in [0.25, 0.3) is 0 Å². The summed E-state index contributed by atoms with van der Waals surface area (Å²) in [5.74, 6) is -1.08. The van der Waals surface area contributed by atoms with Gasteiger partial charge < -0.3 is 10.4 Å². The fourth-order valence-corrected chi connectivity index (χ4v) is 1.90. The second-order valence-corrected chi connectivity index (χ2v) is 5.51. The molecule has 0 bridgehead atoms. The molecule has 0 saturated heterocycles. The summed E-state index contributed by atoms with van der Waals surface area (Å²) in [6.45, 7) is 6.25. The molecule has 2 N–H and O–H groups in total. The molecule has 0 heterocycles. The standard InChI is InChI=1S/C14H21F2NO/c1-14(2,3)13(7-8-18)17-9-10-11(15)5-4-6-12(10)16/h4-6,13,17-18H,7-9H2,1-3H3. The van der Waals surface area contributed by atoms with Crippen LogP contribution < -0.4 is 5.32 Å². The number of halogens is 2. The van der Waals surface area contributed by atoms with Gasteiger partial charge in [-0.05, 0) is 24.0 Å². The molecule has 1 rings (SSSR count). The zero-order valence-electron chi connectivity index (χ0n) is 11.1. The van der Waals surface area contributed by atoms with Crippen molar-refractivity contribution in [2.45, 2.75) is 39.8 Å². The van der Waals surface area contributed by atoms with Crippen molar-refractivity contribution in [3.8, 4) is 0 Å². The van der Waals surface area contributed by atoms with Crippen LogP contribution in [0.4, 0.5) is 8.78 Å². The molecule has 0 fully saturated rings. The lowest BCUT2D eigenvalue weighted by Crippen LogP contribution is -2.40. The number of aliphatic hydroxyl groups excluding tert-OH is 1. The average Bonchev–Trinajstić information content (AvgIpc) is 2.25. The predicted octanol–water partition coefficient (Wildman–Crippen LogP) is 2.85. The minimum absolute atomic E-state index is 0.00139. The van der Waals surface area contributed by atoms with E-state index >= 15 is 0 Å². The van der Waals surface area contributed by atoms with E-state index in [1.165, 1.54) is 18.2 Å². The van der Waals surface area contributed by atoms with Gasteiger partial charge in [0.15, 0.2) is 0 Å². The maximum atomic E-state index is 13.5. The van der Waals surface area contributed by atoms with Crippen LogP contribution in [0.3, 0.4) is 0 Å². The van der Waals surface area contributed by atoms with Gasteiger partial charge in [0, 0.05) is 24.8 Å². The molecule has 0 aliphatic heterocycles. The van der Waals surface area contributed by atoms with E-state index in [1.807, 2.05) is 20.8 Å². The summed E-state index contributed by atoms with van der Waals surface area (Å²) >= 11 is 0. The van der Waals surface area contributed by atoms with Gasteiger partial charge in [0.05, 0.1) is 0 Å². The van der Waals surface area contributed by atoms with E-state index in [0.29, 0.717) is 6.42 Å². The molecular weight excluding hydrogens is 236 g/mol. The lowest BCUT2D eigenvalue weighted by Gasteiger charge is -2.31. The Hall–Kier alpha value is -1.00. The molecule has 2 nitrogen and oxygen atoms in total. The van der Waals surface area contributed by atoms with Gasteiger partial charge in [-0.2, -0.15) is 0 Å². The molecule has 1 aromatic carbocycles. The third-order valence-electron chi connectivity index (χ3n) is 3.05. The van der Waals surface area contributed by atoms with E-state index in [1.54, 1.807) is 0 Å². The topological polar surface area (TPSA) is 32.3 Å². The molecule has 0 aliphatic carbocycles. The first-order chi connectivity index (χ1) is 8.36. The SMILES string of the molecule is CC(C)(C)C(CCO)NCc1c(F)cccc1F. The molecule has 102 valence electrons. The Morgan fingerprint density at radius 2 is 1.78 bits per heavy atom. The van der Waals surface area contributed by atoms with Gasteiger partial charge in [-0.25, -0.2) is 8.78 Å². The number of benzene rings is 1. The van der Waals surface area contributed by atoms with Crippen LogP contribution >= 0.6 is 0 Å². The first-order valence-corrected chi connectivity index (χ1v) is 6.13. The molecule has 0 amide bonds. The lowest BCUT2D eigenvalue weighted by molar-refractivity contribution is 0.195. The number of hydrogen-bond donors (Lipinski definition) is 2. The molecule has 0 spiro atoms. The van der Waals surface area contributed by atoms with E-state index < -0.39 is 11.6 Å². The van der Waals surface area contributed by atoms with Crippen molar-refractivity contribution in [3.05, 3.63) is 35.4 Å². The van der Waals surface area contributed by atoms with Crippen molar-refractivity contribution in [1.29, 1.82) is 0 Å². The van der Waals surface area contributed by atoms with Crippen LogP contribution in [-0.2, 0) is 6.54 Å². The highest BCUT2D eigenvalue weighted by Crippen LogP contribution is 2.22. The Morgan fingerprint density at radius 3 is 2.22 bits per heavy atom. The van der Waals surface area contributed by atoms with Crippen molar-refractivity contribution in [2.75, 3.05) is 6.61 Å². The molecule has 18 heavy (non-hydrogen) atoms. The van der Waals surface area contributed by atoms with Gasteiger partial charge >= 0.3 is 0 Å². The molecule has 1 atom stereocenters. The summed E-state index contributed by atoms with van der Waals surface area (Å²) in [5.41, 5.74) is -0.0329. The van der Waals surface area contributed by atoms with Crippen LogP contribution in [-0.4, -0.2) is 17.8 Å². The normalized spacial score (nSPS) is 13.7. The third kappa shape index (κ3) is 4.03. The Kier molecular flexibility index (Phi) is 5.23. The number of rotatable bonds is 5. The molecule has 0 aliphatic rings. The number of nitrogens with one attached hydrogen (secondary N) is 1. The van der Waals surface area contributed by atoms with Crippen molar-refractivity contribution in [2.24, 2.45) is 5.41 Å². The summed E-state index contributed by atoms with van der Waals surface area (Å²) in [6, 6.07) is 3.85. The maximum absolute atomic E-state index is 13.5. The van der Waals surface area contributed by atoms with Crippen molar-refractivity contribution in [1.82, 2.24) is 5.32 Å². The summed E-state index contributed by atoms with van der Waals surface area (Å²) < 4.78 is 26.9. The summed E-state index contributed by atoms with van der Waals surface area (Å²) in [5, 5.41) is 12.1. The fourth-order valence-electron chi connectivity index (χ4n) is 1.90. The summed E-state index contributed by atoms with van der Waals surface area (Å²) in [4.78, 5) is 0. The Bertz CT molecular complexity index is 368. The molecule has 4 heteroatoms. The Morgan fingerprint density at radius 1 is 1.22 bits per heavy atom. The second-order valence-electron chi connectivity index (χ2n) is 5.51. The monoisotopic (exact) mass is 257 g/mol. The van der Waals surface area contributed by atoms with Gasteiger partial charge in [-0.15, -0.1) is 0 Å². The smallest absolute Gasteiger partial charge is 0.130 e. The molecule has 1 unspecified atom stereocenters. The first-order valence-electron chi connectivity index (χ1n) is 6.13. The third-order valence-corrected chi connectivity index (χ3v) is 3.05. The van der Waals surface area contributed by atoms with E-state index in [2.05, 4.69) is 5.32 Å². The van der Waals surface area contributed by atoms with Gasteiger partial charge in [-0.3, -0.25) is 0 Å². The van der Waals surface area contributed by atoms with Gasteiger partial charge in [0.25, 0.3) is 0 Å². The average molecular weight is 257 g/mol. The van der Waals surface area contributed by atoms with Gasteiger partial charge in [0.2, 0.25) is 0 Å².